The van der Waals surface area contributed by atoms with Crippen LogP contribution in [0.25, 0.3) is 0 Å². The standard InChI is InChI=1S/C19H22N4O4/c1-3-26-17-10-14(11-21-23-19(20)25)6-9-16(17)27-12-18(24)22-15-7-4-13(2)5-8-15/h4-11H,3,12H2,1-2H3,(H,22,24)(H3,20,23,25)/b21-11-. The summed E-state index contributed by atoms with van der Waals surface area (Å²) < 4.78 is 11.1. The maximum absolute atomic E-state index is 12.1. The van der Waals surface area contributed by atoms with Crippen LogP contribution >= 0.6 is 0 Å². The Balaban J connectivity index is 1.99. The van der Waals surface area contributed by atoms with Gasteiger partial charge in [-0.05, 0) is 49.7 Å². The Hall–Kier alpha value is -3.55. The van der Waals surface area contributed by atoms with E-state index >= 15 is 0 Å². The van der Waals surface area contributed by atoms with E-state index in [4.69, 9.17) is 15.2 Å². The smallest absolute Gasteiger partial charge is 0.332 e. The number of benzene rings is 2. The second-order valence-electron chi connectivity index (χ2n) is 5.58. The number of hydrogen-bond acceptors (Lipinski definition) is 5. The van der Waals surface area contributed by atoms with Gasteiger partial charge in [-0.1, -0.05) is 17.7 Å². The number of urea groups is 1. The lowest BCUT2D eigenvalue weighted by Gasteiger charge is -2.12. The van der Waals surface area contributed by atoms with Crippen molar-refractivity contribution >= 4 is 23.8 Å². The summed E-state index contributed by atoms with van der Waals surface area (Å²) in [5.74, 6) is 0.608. The average Bonchev–Trinajstić information content (AvgIpc) is 2.63. The Morgan fingerprint density at radius 3 is 2.52 bits per heavy atom. The Labute approximate surface area is 157 Å². The molecule has 0 saturated heterocycles. The molecule has 4 N–H and O–H groups in total. The summed E-state index contributed by atoms with van der Waals surface area (Å²) in [6.07, 6.45) is 1.42. The molecule has 0 aliphatic carbocycles. The van der Waals surface area contributed by atoms with Crippen LogP contribution in [0.1, 0.15) is 18.1 Å². The highest BCUT2D eigenvalue weighted by molar-refractivity contribution is 5.92. The number of rotatable bonds is 8. The van der Waals surface area contributed by atoms with Gasteiger partial charge in [-0.2, -0.15) is 5.10 Å². The highest BCUT2D eigenvalue weighted by Crippen LogP contribution is 2.28. The zero-order valence-corrected chi connectivity index (χ0v) is 15.2. The lowest BCUT2D eigenvalue weighted by atomic mass is 10.2. The van der Waals surface area contributed by atoms with E-state index < -0.39 is 6.03 Å². The molecule has 0 bridgehead atoms. The van der Waals surface area contributed by atoms with Gasteiger partial charge in [-0.15, -0.1) is 0 Å². The quantitative estimate of drug-likeness (QED) is 0.489. The van der Waals surface area contributed by atoms with E-state index in [0.717, 1.165) is 5.56 Å². The molecule has 0 aliphatic heterocycles. The molecule has 2 aromatic carbocycles. The maximum Gasteiger partial charge on any atom is 0.332 e. The number of ether oxygens (including phenoxy) is 2. The third-order valence-corrected chi connectivity index (χ3v) is 3.35. The molecule has 3 amide bonds. The van der Waals surface area contributed by atoms with Crippen LogP contribution in [-0.4, -0.2) is 31.4 Å². The summed E-state index contributed by atoms with van der Waals surface area (Å²) in [4.78, 5) is 22.7. The molecule has 0 aromatic heterocycles. The van der Waals surface area contributed by atoms with Gasteiger partial charge >= 0.3 is 6.03 Å². The van der Waals surface area contributed by atoms with Gasteiger partial charge in [0.15, 0.2) is 18.1 Å². The number of carbonyl (C=O) groups is 2. The molecule has 2 rings (SSSR count). The second kappa shape index (κ2) is 9.81. The summed E-state index contributed by atoms with van der Waals surface area (Å²) in [5, 5.41) is 6.45. The van der Waals surface area contributed by atoms with Gasteiger partial charge in [-0.25, -0.2) is 10.2 Å². The third-order valence-electron chi connectivity index (χ3n) is 3.35. The van der Waals surface area contributed by atoms with Crippen molar-refractivity contribution in [2.24, 2.45) is 10.8 Å². The van der Waals surface area contributed by atoms with E-state index in [-0.39, 0.29) is 12.5 Å². The largest absolute Gasteiger partial charge is 0.490 e. The fraction of sp³-hybridized carbons (Fsp3) is 0.211. The monoisotopic (exact) mass is 370 g/mol. The summed E-state index contributed by atoms with van der Waals surface area (Å²) in [5.41, 5.74) is 9.54. The Kier molecular flexibility index (Phi) is 7.18. The van der Waals surface area contributed by atoms with Gasteiger partial charge in [-0.3, -0.25) is 4.79 Å². The van der Waals surface area contributed by atoms with E-state index in [9.17, 15) is 9.59 Å². The molecular formula is C19H22N4O4. The molecule has 142 valence electrons. The highest BCUT2D eigenvalue weighted by atomic mass is 16.5. The number of hydrazone groups is 1. The van der Waals surface area contributed by atoms with Gasteiger partial charge in [0.1, 0.15) is 0 Å². The zero-order chi connectivity index (χ0) is 19.6. The second-order valence-corrected chi connectivity index (χ2v) is 5.58. The van der Waals surface area contributed by atoms with Crippen LogP contribution < -0.4 is 25.9 Å². The first kappa shape index (κ1) is 19.8. The first-order valence-corrected chi connectivity index (χ1v) is 8.32. The minimum Gasteiger partial charge on any atom is -0.490 e. The Morgan fingerprint density at radius 1 is 1.11 bits per heavy atom. The van der Waals surface area contributed by atoms with Crippen molar-refractivity contribution in [3.8, 4) is 11.5 Å². The normalized spacial score (nSPS) is 10.4. The van der Waals surface area contributed by atoms with Crippen molar-refractivity contribution in [2.45, 2.75) is 13.8 Å². The molecule has 8 nitrogen and oxygen atoms in total. The van der Waals surface area contributed by atoms with Crippen molar-refractivity contribution in [3.05, 3.63) is 53.6 Å². The van der Waals surface area contributed by atoms with Crippen LogP contribution in [0.5, 0.6) is 11.5 Å². The van der Waals surface area contributed by atoms with Gasteiger partial charge < -0.3 is 20.5 Å². The molecule has 0 atom stereocenters. The summed E-state index contributed by atoms with van der Waals surface area (Å²) in [6.45, 7) is 4.07. The van der Waals surface area contributed by atoms with Crippen molar-refractivity contribution in [2.75, 3.05) is 18.5 Å². The van der Waals surface area contributed by atoms with Crippen molar-refractivity contribution in [1.29, 1.82) is 0 Å². The van der Waals surface area contributed by atoms with E-state index in [0.29, 0.717) is 29.4 Å². The minimum absolute atomic E-state index is 0.162. The van der Waals surface area contributed by atoms with Gasteiger partial charge in [0.05, 0.1) is 12.8 Å². The van der Waals surface area contributed by atoms with Crippen molar-refractivity contribution < 1.29 is 19.1 Å². The van der Waals surface area contributed by atoms with Gasteiger partial charge in [0.25, 0.3) is 5.91 Å². The molecule has 0 unspecified atom stereocenters. The van der Waals surface area contributed by atoms with E-state index in [1.807, 2.05) is 38.1 Å². The van der Waals surface area contributed by atoms with E-state index in [1.54, 1.807) is 18.2 Å². The summed E-state index contributed by atoms with van der Waals surface area (Å²) in [6, 6.07) is 11.8. The van der Waals surface area contributed by atoms with E-state index in [2.05, 4.69) is 15.8 Å². The molecule has 8 heteroatoms. The number of anilines is 1. The summed E-state index contributed by atoms with van der Waals surface area (Å²) in [7, 11) is 0. The first-order chi connectivity index (χ1) is 13.0. The number of nitrogens with two attached hydrogens (primary N) is 1. The van der Waals surface area contributed by atoms with Crippen LogP contribution in [0.15, 0.2) is 47.6 Å². The molecule has 27 heavy (non-hydrogen) atoms. The van der Waals surface area contributed by atoms with Crippen LogP contribution in [0.2, 0.25) is 0 Å². The molecule has 0 heterocycles. The molecule has 0 fully saturated rings. The molecular weight excluding hydrogens is 348 g/mol. The highest BCUT2D eigenvalue weighted by Gasteiger charge is 2.09. The van der Waals surface area contributed by atoms with Crippen LogP contribution in [0.3, 0.4) is 0 Å². The fourth-order valence-corrected chi connectivity index (χ4v) is 2.14. The van der Waals surface area contributed by atoms with E-state index in [1.165, 1.54) is 6.21 Å². The van der Waals surface area contributed by atoms with Gasteiger partial charge in [0.2, 0.25) is 0 Å². The molecule has 0 saturated carbocycles. The SMILES string of the molecule is CCOc1cc(/C=N\NC(N)=O)ccc1OCC(=O)Nc1ccc(C)cc1. The Bertz CT molecular complexity index is 819. The molecule has 0 radical (unpaired) electrons. The summed E-state index contributed by atoms with van der Waals surface area (Å²) >= 11 is 0. The lowest BCUT2D eigenvalue weighted by Crippen LogP contribution is -2.24. The predicted molar refractivity (Wildman–Crippen MR) is 103 cm³/mol. The minimum atomic E-state index is -0.754. The number of aryl methyl sites for hydroxylation is 1. The number of nitrogens with one attached hydrogen (secondary N) is 2. The van der Waals surface area contributed by atoms with Gasteiger partial charge in [0, 0.05) is 5.69 Å². The fourth-order valence-electron chi connectivity index (χ4n) is 2.14. The number of primary amides is 1. The number of amides is 3. The van der Waals surface area contributed by atoms with Crippen molar-refractivity contribution in [3.63, 3.8) is 0 Å². The predicted octanol–water partition coefficient (Wildman–Crippen LogP) is 2.41. The Morgan fingerprint density at radius 2 is 1.85 bits per heavy atom. The maximum atomic E-state index is 12.1. The molecule has 2 aromatic rings. The number of carbonyl (C=O) groups excluding carboxylic acids is 2. The third kappa shape index (κ3) is 6.69. The molecule has 0 spiro atoms. The van der Waals surface area contributed by atoms with Crippen LogP contribution in [0.4, 0.5) is 10.5 Å². The molecule has 0 aliphatic rings. The number of hydrogen-bond donors (Lipinski definition) is 3. The average molecular weight is 370 g/mol. The van der Waals surface area contributed by atoms with Crippen molar-refractivity contribution in [1.82, 2.24) is 5.43 Å². The van der Waals surface area contributed by atoms with Crippen LogP contribution in [0, 0.1) is 6.92 Å². The number of nitrogens with zero attached hydrogens (tertiary/aromatic N) is 1. The lowest BCUT2D eigenvalue weighted by molar-refractivity contribution is -0.118. The first-order valence-electron chi connectivity index (χ1n) is 8.32. The topological polar surface area (TPSA) is 115 Å². The zero-order valence-electron chi connectivity index (χ0n) is 15.2. The van der Waals surface area contributed by atoms with Crippen LogP contribution in [-0.2, 0) is 4.79 Å².